The van der Waals surface area contributed by atoms with E-state index in [9.17, 15) is 9.59 Å². The van der Waals surface area contributed by atoms with Crippen LogP contribution in [0, 0.1) is 6.92 Å². The molecule has 25 heavy (non-hydrogen) atoms. The van der Waals surface area contributed by atoms with Crippen molar-refractivity contribution in [3.63, 3.8) is 0 Å². The molecular weight excluding hydrogens is 314 g/mol. The van der Waals surface area contributed by atoms with Crippen LogP contribution in [0.4, 0.5) is 5.69 Å². The number of aryl methyl sites for hydroxylation is 1. The van der Waals surface area contributed by atoms with Gasteiger partial charge in [0.1, 0.15) is 0 Å². The van der Waals surface area contributed by atoms with Gasteiger partial charge in [-0.1, -0.05) is 19.1 Å². The summed E-state index contributed by atoms with van der Waals surface area (Å²) in [6, 6.07) is 6.22. The van der Waals surface area contributed by atoms with Gasteiger partial charge in [-0.25, -0.2) is 4.99 Å². The number of nitrogens with zero attached hydrogens (tertiary/aromatic N) is 1. The minimum absolute atomic E-state index is 0.206. The molecule has 1 amide bonds. The third-order valence-electron chi connectivity index (χ3n) is 3.95. The van der Waals surface area contributed by atoms with Crippen LogP contribution in [0.25, 0.3) is 0 Å². The molecule has 0 spiro atoms. The number of carbonyl (C=O) groups is 2. The van der Waals surface area contributed by atoms with Gasteiger partial charge in [-0.15, -0.1) is 0 Å². The predicted octanol–water partition coefficient (Wildman–Crippen LogP) is 2.77. The molecule has 0 fully saturated rings. The lowest BCUT2D eigenvalue weighted by Crippen LogP contribution is -2.27. The molecule has 1 aliphatic rings. The SMILES string of the molecule is CCNCCc1ccc(N=C2C=C(NC(C)=O)C(=O)C=C2C)c(C)c1. The highest BCUT2D eigenvalue weighted by atomic mass is 16.2. The van der Waals surface area contributed by atoms with Crippen LogP contribution in [0.1, 0.15) is 31.9 Å². The fourth-order valence-corrected chi connectivity index (χ4v) is 2.62. The van der Waals surface area contributed by atoms with Crippen molar-refractivity contribution in [3.05, 3.63) is 52.7 Å². The fourth-order valence-electron chi connectivity index (χ4n) is 2.62. The lowest BCUT2D eigenvalue weighted by molar-refractivity contribution is -0.120. The molecule has 0 bridgehead atoms. The van der Waals surface area contributed by atoms with Gasteiger partial charge < -0.3 is 10.6 Å². The normalized spacial score (nSPS) is 15.8. The van der Waals surface area contributed by atoms with Crippen molar-refractivity contribution in [2.24, 2.45) is 4.99 Å². The van der Waals surface area contributed by atoms with E-state index in [0.29, 0.717) is 5.71 Å². The summed E-state index contributed by atoms with van der Waals surface area (Å²) in [5, 5.41) is 5.88. The average Bonchev–Trinajstić information content (AvgIpc) is 2.54. The van der Waals surface area contributed by atoms with E-state index in [0.717, 1.165) is 36.3 Å². The molecule has 2 N–H and O–H groups in total. The topological polar surface area (TPSA) is 70.6 Å². The predicted molar refractivity (Wildman–Crippen MR) is 101 cm³/mol. The first-order valence-electron chi connectivity index (χ1n) is 8.52. The molecule has 5 nitrogen and oxygen atoms in total. The van der Waals surface area contributed by atoms with Crippen LogP contribution in [0.3, 0.4) is 0 Å². The molecule has 2 rings (SSSR count). The molecule has 0 saturated heterocycles. The van der Waals surface area contributed by atoms with E-state index < -0.39 is 0 Å². The highest BCUT2D eigenvalue weighted by Crippen LogP contribution is 2.23. The minimum atomic E-state index is -0.270. The average molecular weight is 339 g/mol. The van der Waals surface area contributed by atoms with Gasteiger partial charge in [0, 0.05) is 6.92 Å². The van der Waals surface area contributed by atoms with E-state index >= 15 is 0 Å². The van der Waals surface area contributed by atoms with Crippen molar-refractivity contribution >= 4 is 23.1 Å². The van der Waals surface area contributed by atoms with Gasteiger partial charge in [-0.05, 0) is 68.3 Å². The Balaban J connectivity index is 2.25. The Labute approximate surface area is 148 Å². The van der Waals surface area contributed by atoms with Crippen LogP contribution in [0.2, 0.25) is 0 Å². The number of benzene rings is 1. The van der Waals surface area contributed by atoms with E-state index in [1.165, 1.54) is 18.6 Å². The quantitative estimate of drug-likeness (QED) is 0.618. The monoisotopic (exact) mass is 339 g/mol. The van der Waals surface area contributed by atoms with Crippen molar-refractivity contribution in [3.8, 4) is 0 Å². The van der Waals surface area contributed by atoms with Gasteiger partial charge in [0.05, 0.1) is 17.1 Å². The largest absolute Gasteiger partial charge is 0.323 e. The van der Waals surface area contributed by atoms with E-state index in [1.807, 2.05) is 19.9 Å². The Morgan fingerprint density at radius 2 is 1.96 bits per heavy atom. The van der Waals surface area contributed by atoms with E-state index in [-0.39, 0.29) is 17.4 Å². The zero-order chi connectivity index (χ0) is 18.4. The third-order valence-corrected chi connectivity index (χ3v) is 3.95. The number of rotatable bonds is 6. The molecule has 1 aromatic carbocycles. The minimum Gasteiger partial charge on any atom is -0.323 e. The smallest absolute Gasteiger partial charge is 0.221 e. The Bertz CT molecular complexity index is 773. The molecule has 0 aliphatic heterocycles. The first-order valence-corrected chi connectivity index (χ1v) is 8.52. The maximum Gasteiger partial charge on any atom is 0.221 e. The first-order chi connectivity index (χ1) is 11.9. The second-order valence-corrected chi connectivity index (χ2v) is 6.15. The van der Waals surface area contributed by atoms with Gasteiger partial charge in [-0.2, -0.15) is 0 Å². The molecule has 5 heteroatoms. The van der Waals surface area contributed by atoms with Gasteiger partial charge in [0.2, 0.25) is 11.7 Å². The second kappa shape index (κ2) is 8.53. The van der Waals surface area contributed by atoms with Crippen molar-refractivity contribution in [1.82, 2.24) is 10.6 Å². The van der Waals surface area contributed by atoms with E-state index in [2.05, 4.69) is 34.7 Å². The molecular formula is C20H25N3O2. The maximum atomic E-state index is 12.0. The molecule has 132 valence electrons. The summed E-state index contributed by atoms with van der Waals surface area (Å²) in [5.41, 5.74) is 4.95. The zero-order valence-corrected chi connectivity index (χ0v) is 15.3. The lowest BCUT2D eigenvalue weighted by Gasteiger charge is -2.13. The van der Waals surface area contributed by atoms with Crippen LogP contribution in [0.5, 0.6) is 0 Å². The lowest BCUT2D eigenvalue weighted by atomic mass is 10.0. The Morgan fingerprint density at radius 1 is 1.20 bits per heavy atom. The van der Waals surface area contributed by atoms with Gasteiger partial charge in [-0.3, -0.25) is 9.59 Å². The summed E-state index contributed by atoms with van der Waals surface area (Å²) in [6.45, 7) is 9.28. The molecule has 1 aliphatic carbocycles. The fraction of sp³-hybridized carbons (Fsp3) is 0.350. The second-order valence-electron chi connectivity index (χ2n) is 6.15. The van der Waals surface area contributed by atoms with E-state index in [1.54, 1.807) is 6.08 Å². The molecule has 0 unspecified atom stereocenters. The number of hydrogen-bond donors (Lipinski definition) is 2. The van der Waals surface area contributed by atoms with Crippen LogP contribution < -0.4 is 10.6 Å². The van der Waals surface area contributed by atoms with Crippen molar-refractivity contribution < 1.29 is 9.59 Å². The van der Waals surface area contributed by atoms with E-state index in [4.69, 9.17) is 0 Å². The van der Waals surface area contributed by atoms with Crippen LogP contribution >= 0.6 is 0 Å². The zero-order valence-electron chi connectivity index (χ0n) is 15.3. The third kappa shape index (κ3) is 5.22. The number of hydrogen-bond acceptors (Lipinski definition) is 4. The molecule has 1 aromatic rings. The van der Waals surface area contributed by atoms with Crippen molar-refractivity contribution in [2.45, 2.75) is 34.1 Å². The number of carbonyl (C=O) groups excluding carboxylic acids is 2. The van der Waals surface area contributed by atoms with Crippen LogP contribution in [0.15, 0.2) is 46.6 Å². The number of allylic oxidation sites excluding steroid dienone is 3. The Hall–Kier alpha value is -2.53. The number of nitrogens with one attached hydrogen (secondary N) is 2. The van der Waals surface area contributed by atoms with Gasteiger partial charge in [0.25, 0.3) is 0 Å². The highest BCUT2D eigenvalue weighted by Gasteiger charge is 2.17. The standard InChI is InChI=1S/C20H25N3O2/c1-5-21-9-8-16-6-7-17(13(2)10-16)23-18-12-19(22-15(4)24)20(25)11-14(18)3/h6-7,10-12,21H,5,8-9H2,1-4H3,(H,22,24). The molecule has 0 radical (unpaired) electrons. The molecule has 0 aromatic heterocycles. The molecule has 0 atom stereocenters. The summed E-state index contributed by atoms with van der Waals surface area (Å²) in [6.07, 6.45) is 4.12. The van der Waals surface area contributed by atoms with Crippen LogP contribution in [-0.2, 0) is 16.0 Å². The number of aliphatic imine (C=N–C) groups is 1. The Kier molecular flexibility index (Phi) is 6.42. The number of amides is 1. The number of likely N-dealkylation sites (N-methyl/N-ethyl adjacent to an activating group) is 1. The summed E-state index contributed by atoms with van der Waals surface area (Å²) >= 11 is 0. The Morgan fingerprint density at radius 3 is 2.60 bits per heavy atom. The first kappa shape index (κ1) is 18.8. The summed E-state index contributed by atoms with van der Waals surface area (Å²) in [4.78, 5) is 27.9. The van der Waals surface area contributed by atoms with Crippen molar-refractivity contribution in [2.75, 3.05) is 13.1 Å². The molecule has 0 heterocycles. The van der Waals surface area contributed by atoms with Gasteiger partial charge >= 0.3 is 0 Å². The summed E-state index contributed by atoms with van der Waals surface area (Å²) in [5.74, 6) is -0.477. The van der Waals surface area contributed by atoms with Crippen molar-refractivity contribution in [1.29, 1.82) is 0 Å². The highest BCUT2D eigenvalue weighted by molar-refractivity contribution is 6.22. The van der Waals surface area contributed by atoms with Crippen LogP contribution in [-0.4, -0.2) is 30.5 Å². The maximum absolute atomic E-state index is 12.0. The summed E-state index contributed by atoms with van der Waals surface area (Å²) < 4.78 is 0. The molecule has 0 saturated carbocycles. The number of ketones is 1. The summed E-state index contributed by atoms with van der Waals surface area (Å²) in [7, 11) is 0. The van der Waals surface area contributed by atoms with Gasteiger partial charge in [0.15, 0.2) is 0 Å².